The highest BCUT2D eigenvalue weighted by molar-refractivity contribution is 7.16. The molecule has 2 amide bonds. The fourth-order valence-corrected chi connectivity index (χ4v) is 4.15. The Hall–Kier alpha value is -3.39. The highest BCUT2D eigenvalue weighted by Crippen LogP contribution is 2.37. The van der Waals surface area contributed by atoms with E-state index in [-0.39, 0.29) is 25.0 Å². The largest absolute Gasteiger partial charge is 0.484 e. The summed E-state index contributed by atoms with van der Waals surface area (Å²) >= 11 is 1.39. The number of benzene rings is 2. The number of hydrogen-bond donors (Lipinski definition) is 1. The number of aromatic nitrogens is 1. The number of aryl methyl sites for hydroxylation is 2. The second-order valence-electron chi connectivity index (χ2n) is 7.19. The van der Waals surface area contributed by atoms with E-state index in [2.05, 4.69) is 17.2 Å². The molecular weight excluding hydrogens is 414 g/mol. The molecule has 1 aromatic heterocycles. The predicted octanol–water partition coefficient (Wildman–Crippen LogP) is 4.05. The lowest BCUT2D eigenvalue weighted by Gasteiger charge is -2.26. The van der Waals surface area contributed by atoms with Gasteiger partial charge in [0.2, 0.25) is 0 Å². The Morgan fingerprint density at radius 3 is 2.94 bits per heavy atom. The fraction of sp³-hybridized carbons (Fsp3) is 0.261. The third-order valence-corrected chi connectivity index (χ3v) is 5.92. The molecule has 2 aromatic carbocycles. The molecule has 1 N–H and O–H groups in total. The van der Waals surface area contributed by atoms with E-state index >= 15 is 0 Å². The minimum absolute atomic E-state index is 0.0412. The summed E-state index contributed by atoms with van der Waals surface area (Å²) in [6.45, 7) is 3.96. The van der Waals surface area contributed by atoms with Crippen molar-refractivity contribution >= 4 is 34.0 Å². The number of likely N-dealkylation sites (N-methyl/N-ethyl adjacent to an activating group) is 1. The minimum Gasteiger partial charge on any atom is -0.484 e. The number of carbonyl (C=O) groups excluding carboxylic acids is 2. The maximum absolute atomic E-state index is 12.3. The highest BCUT2D eigenvalue weighted by Gasteiger charge is 2.23. The SMILES string of the molecule is CCc1cccc(OCC(=O)Nc2nc(-c3ccc4c(c3)N(C)C(=O)CO4)c(C)s2)c1. The molecule has 0 spiro atoms. The van der Waals surface area contributed by atoms with Crippen LogP contribution in [0.15, 0.2) is 42.5 Å². The Morgan fingerprint density at radius 2 is 2.13 bits per heavy atom. The smallest absolute Gasteiger partial charge is 0.264 e. The third kappa shape index (κ3) is 4.54. The molecular formula is C23H23N3O4S. The molecule has 1 aliphatic rings. The molecule has 0 saturated carbocycles. The summed E-state index contributed by atoms with van der Waals surface area (Å²) in [7, 11) is 1.73. The summed E-state index contributed by atoms with van der Waals surface area (Å²) in [5.74, 6) is 0.959. The van der Waals surface area contributed by atoms with E-state index in [1.807, 2.05) is 49.4 Å². The van der Waals surface area contributed by atoms with Crippen molar-refractivity contribution in [3.8, 4) is 22.8 Å². The number of nitrogens with one attached hydrogen (secondary N) is 1. The van der Waals surface area contributed by atoms with Gasteiger partial charge < -0.3 is 14.4 Å². The monoisotopic (exact) mass is 437 g/mol. The Morgan fingerprint density at radius 1 is 1.29 bits per heavy atom. The van der Waals surface area contributed by atoms with E-state index in [9.17, 15) is 9.59 Å². The maximum atomic E-state index is 12.3. The van der Waals surface area contributed by atoms with Crippen LogP contribution in [0.25, 0.3) is 11.3 Å². The minimum atomic E-state index is -0.272. The van der Waals surface area contributed by atoms with Crippen LogP contribution in [0.5, 0.6) is 11.5 Å². The first kappa shape index (κ1) is 20.9. The summed E-state index contributed by atoms with van der Waals surface area (Å²) in [5, 5.41) is 3.31. The number of hydrogen-bond acceptors (Lipinski definition) is 6. The maximum Gasteiger partial charge on any atom is 0.264 e. The Labute approximate surface area is 184 Å². The lowest BCUT2D eigenvalue weighted by molar-refractivity contribution is -0.121. The standard InChI is InChI=1S/C23H23N3O4S/c1-4-15-6-5-7-17(10-15)29-12-20(27)24-23-25-22(14(2)31-23)16-8-9-19-18(11-16)26(3)21(28)13-30-19/h5-11H,4,12-13H2,1-3H3,(H,24,25,27). The van der Waals surface area contributed by atoms with Crippen molar-refractivity contribution in [3.05, 3.63) is 52.9 Å². The van der Waals surface area contributed by atoms with E-state index in [4.69, 9.17) is 9.47 Å². The molecule has 3 aromatic rings. The fourth-order valence-electron chi connectivity index (χ4n) is 3.30. The number of anilines is 2. The molecule has 0 aliphatic carbocycles. The zero-order valence-electron chi connectivity index (χ0n) is 17.6. The zero-order valence-corrected chi connectivity index (χ0v) is 18.4. The van der Waals surface area contributed by atoms with Crippen LogP contribution < -0.4 is 19.7 Å². The van der Waals surface area contributed by atoms with Crippen molar-refractivity contribution in [1.29, 1.82) is 0 Å². The van der Waals surface area contributed by atoms with Gasteiger partial charge in [-0.1, -0.05) is 19.1 Å². The molecule has 7 nitrogen and oxygen atoms in total. The first-order valence-corrected chi connectivity index (χ1v) is 10.8. The lowest BCUT2D eigenvalue weighted by atomic mass is 10.1. The van der Waals surface area contributed by atoms with Crippen molar-refractivity contribution in [1.82, 2.24) is 4.98 Å². The van der Waals surface area contributed by atoms with Gasteiger partial charge in [-0.3, -0.25) is 14.9 Å². The lowest BCUT2D eigenvalue weighted by Crippen LogP contribution is -2.35. The molecule has 31 heavy (non-hydrogen) atoms. The molecule has 0 unspecified atom stereocenters. The topological polar surface area (TPSA) is 80.8 Å². The molecule has 8 heteroatoms. The van der Waals surface area contributed by atoms with Gasteiger partial charge in [-0.25, -0.2) is 4.98 Å². The predicted molar refractivity (Wildman–Crippen MR) is 121 cm³/mol. The van der Waals surface area contributed by atoms with E-state index in [1.165, 1.54) is 11.3 Å². The van der Waals surface area contributed by atoms with Crippen LogP contribution in [0.2, 0.25) is 0 Å². The second-order valence-corrected chi connectivity index (χ2v) is 8.39. The van der Waals surface area contributed by atoms with Gasteiger partial charge in [0, 0.05) is 17.5 Å². The van der Waals surface area contributed by atoms with Gasteiger partial charge in [0.05, 0.1) is 11.4 Å². The third-order valence-electron chi connectivity index (χ3n) is 5.04. The second kappa shape index (κ2) is 8.77. The van der Waals surface area contributed by atoms with E-state index in [0.29, 0.717) is 22.3 Å². The number of rotatable bonds is 6. The van der Waals surface area contributed by atoms with Crippen LogP contribution in [0, 0.1) is 6.92 Å². The average Bonchev–Trinajstić information content (AvgIpc) is 3.14. The molecule has 0 bridgehead atoms. The summed E-state index contributed by atoms with van der Waals surface area (Å²) < 4.78 is 11.1. The van der Waals surface area contributed by atoms with Crippen molar-refractivity contribution in [2.24, 2.45) is 0 Å². The number of fused-ring (bicyclic) bond motifs is 1. The Balaban J connectivity index is 1.45. The van der Waals surface area contributed by atoms with Crippen LogP contribution in [0.4, 0.5) is 10.8 Å². The van der Waals surface area contributed by atoms with Crippen LogP contribution in [0.1, 0.15) is 17.4 Å². The van der Waals surface area contributed by atoms with E-state index < -0.39 is 0 Å². The first-order chi connectivity index (χ1) is 14.9. The van der Waals surface area contributed by atoms with Crippen LogP contribution >= 0.6 is 11.3 Å². The van der Waals surface area contributed by atoms with Gasteiger partial charge in [-0.2, -0.15) is 0 Å². The van der Waals surface area contributed by atoms with Crippen molar-refractivity contribution < 1.29 is 19.1 Å². The van der Waals surface area contributed by atoms with Gasteiger partial charge >= 0.3 is 0 Å². The molecule has 0 radical (unpaired) electrons. The summed E-state index contributed by atoms with van der Waals surface area (Å²) in [6, 6.07) is 13.3. The van der Waals surface area contributed by atoms with Crippen LogP contribution in [0.3, 0.4) is 0 Å². The zero-order chi connectivity index (χ0) is 22.0. The highest BCUT2D eigenvalue weighted by atomic mass is 32.1. The quantitative estimate of drug-likeness (QED) is 0.629. The Kier molecular flexibility index (Phi) is 5.90. The molecule has 4 rings (SSSR count). The number of ether oxygens (including phenoxy) is 2. The van der Waals surface area contributed by atoms with Crippen molar-refractivity contribution in [2.45, 2.75) is 20.3 Å². The Bertz CT molecular complexity index is 1140. The first-order valence-electron chi connectivity index (χ1n) is 9.97. The number of nitrogens with zero attached hydrogens (tertiary/aromatic N) is 2. The summed E-state index contributed by atoms with van der Waals surface area (Å²) in [5.41, 5.74) is 3.47. The van der Waals surface area contributed by atoms with E-state index in [1.54, 1.807) is 11.9 Å². The normalized spacial score (nSPS) is 12.9. The number of carbonyl (C=O) groups is 2. The van der Waals surface area contributed by atoms with Gasteiger partial charge in [0.1, 0.15) is 11.5 Å². The van der Waals surface area contributed by atoms with Crippen molar-refractivity contribution in [2.75, 3.05) is 30.5 Å². The summed E-state index contributed by atoms with van der Waals surface area (Å²) in [6.07, 6.45) is 0.906. The molecule has 2 heterocycles. The van der Waals surface area contributed by atoms with Crippen LogP contribution in [-0.2, 0) is 16.0 Å². The van der Waals surface area contributed by atoms with Gasteiger partial charge in [-0.15, -0.1) is 11.3 Å². The number of amides is 2. The van der Waals surface area contributed by atoms with Gasteiger partial charge in [0.25, 0.3) is 11.8 Å². The summed E-state index contributed by atoms with van der Waals surface area (Å²) in [4.78, 5) is 31.4. The molecule has 0 fully saturated rings. The van der Waals surface area contributed by atoms with E-state index in [0.717, 1.165) is 28.1 Å². The molecule has 1 aliphatic heterocycles. The molecule has 160 valence electrons. The van der Waals surface area contributed by atoms with Gasteiger partial charge in [-0.05, 0) is 49.2 Å². The average molecular weight is 438 g/mol. The van der Waals surface area contributed by atoms with Crippen LogP contribution in [-0.4, -0.2) is 37.1 Å². The molecule has 0 saturated heterocycles. The van der Waals surface area contributed by atoms with Gasteiger partial charge in [0.15, 0.2) is 18.3 Å². The number of thiazole rings is 1. The molecule has 0 atom stereocenters. The van der Waals surface area contributed by atoms with Crippen molar-refractivity contribution in [3.63, 3.8) is 0 Å².